The average molecular weight is 1420 g/mol. The highest BCUT2D eigenvalue weighted by atomic mass is 32.1. The molecular formula is C72H98N13O13PS. The van der Waals surface area contributed by atoms with Gasteiger partial charge in [-0.3, -0.25) is 47.4 Å². The van der Waals surface area contributed by atoms with Crippen molar-refractivity contribution in [2.75, 3.05) is 67.5 Å². The molecule has 0 radical (unpaired) electrons. The maximum atomic E-state index is 15.1. The average Bonchev–Trinajstić information content (AvgIpc) is 0.957. The molecule has 3 aromatic carbocycles. The molecule has 8 atom stereocenters. The minimum Gasteiger partial charge on any atom is -0.507 e. The Hall–Kier alpha value is -7.88. The lowest BCUT2D eigenvalue weighted by Gasteiger charge is -2.53. The van der Waals surface area contributed by atoms with Crippen molar-refractivity contribution in [3.63, 3.8) is 0 Å². The summed E-state index contributed by atoms with van der Waals surface area (Å²) in [7, 11) is -4.27. The van der Waals surface area contributed by atoms with E-state index in [9.17, 15) is 28.8 Å². The number of nitrogens with two attached hydrogens (primary N) is 1. The molecule has 3 fully saturated rings. The minimum absolute atomic E-state index is 0.0147. The molecule has 26 nitrogen and oxygen atoms in total. The summed E-state index contributed by atoms with van der Waals surface area (Å²) in [6, 6.07) is 22.0. The SMILES string of the molecule is Cc1ncsc1-c1ccc([C@H](C)NC(=O)[C@@H]2C[C@@H](OP(=O)(OC(C)(C)C)OC(C)(C)C)CN2C(=O)[C@@H](c2cc(OCCN3CCC(N4CCN5c6cc(-c7ccccc7O)nnc6N(C(=O)OCc6ccc(NC(=O)[C@H](C)NC(=O)[C@@H](N)C(C)C)cc6)[C@@H](C)[C@@H]5C4)CC3)no2)C(C)C)cc1. The van der Waals surface area contributed by atoms with Crippen LogP contribution in [-0.4, -0.2) is 176 Å². The van der Waals surface area contributed by atoms with Crippen molar-refractivity contribution in [3.8, 4) is 33.3 Å². The lowest BCUT2D eigenvalue weighted by molar-refractivity contribution is -0.141. The second-order valence-corrected chi connectivity index (χ2v) is 31.5. The third-order valence-corrected chi connectivity index (χ3v) is 21.7. The van der Waals surface area contributed by atoms with E-state index in [2.05, 4.69) is 51.0 Å². The molecule has 0 spiro atoms. The number of anilines is 3. The number of nitrogens with one attached hydrogen (secondary N) is 3. The summed E-state index contributed by atoms with van der Waals surface area (Å²) in [4.78, 5) is 85.3. The predicted molar refractivity (Wildman–Crippen MR) is 382 cm³/mol. The van der Waals surface area contributed by atoms with Crippen LogP contribution in [0.25, 0.3) is 21.7 Å². The standard InChI is InChI=1S/C72H98N13O13PS/c1-42(2)62(69(90)84-38-53(96-99(92,97-71(9,10)11)98-72(12,13)14)35-57(84)67(88)75-44(5)49-21-23-50(24-22-49)64-45(6)74-41-100-64)60-37-61(80-95-60)93-34-33-81-29-27-52(28-30-81)82-31-32-83-56-36-55(54-17-15-16-18-59(54)86)78-79-65(56)85(47(8)58(83)39-82)70(91)94-40-48-19-25-51(26-20-48)77-66(87)46(7)76-68(89)63(73)43(3)4/h15-26,36-37,41-44,46-47,52-53,57-58,62-63,86H,27-35,38-40,73H2,1-14H3,(H,75,88)(H,76,89)(H,77,87)/t44-,46-,47-,53+,57-,58-,62+,63-/m0/s1. The first-order valence-electron chi connectivity index (χ1n) is 34.5. The maximum absolute atomic E-state index is 15.1. The summed E-state index contributed by atoms with van der Waals surface area (Å²) in [5.41, 5.74) is 11.6. The van der Waals surface area contributed by atoms with Crippen LogP contribution < -0.4 is 36.2 Å². The smallest absolute Gasteiger partial charge is 0.476 e. The summed E-state index contributed by atoms with van der Waals surface area (Å²) in [5, 5.41) is 32.9. The van der Waals surface area contributed by atoms with Gasteiger partial charge in [0.1, 0.15) is 37.0 Å². The van der Waals surface area contributed by atoms with E-state index >= 15 is 4.79 Å². The Morgan fingerprint density at radius 1 is 0.830 bits per heavy atom. The van der Waals surface area contributed by atoms with Crippen molar-refractivity contribution in [1.82, 2.24) is 45.7 Å². The molecule has 10 rings (SSSR count). The molecule has 0 unspecified atom stereocenters. The topological polar surface area (TPSA) is 312 Å². The Balaban J connectivity index is 0.759. The quantitative estimate of drug-likeness (QED) is 0.0352. The third-order valence-electron chi connectivity index (χ3n) is 18.6. The molecule has 6 N–H and O–H groups in total. The van der Waals surface area contributed by atoms with E-state index in [4.69, 9.17) is 33.3 Å². The van der Waals surface area contributed by atoms with Gasteiger partial charge >= 0.3 is 13.9 Å². The molecule has 4 aliphatic rings. The number of rotatable bonds is 24. The normalized spacial score (nSPS) is 19.9. The number of phosphoric ester groups is 1. The number of para-hydroxylation sites is 1. The second kappa shape index (κ2) is 31.6. The summed E-state index contributed by atoms with van der Waals surface area (Å²) >= 11 is 1.56. The Morgan fingerprint density at radius 3 is 2.16 bits per heavy atom. The monoisotopic (exact) mass is 1420 g/mol. The molecule has 0 saturated carbocycles. The summed E-state index contributed by atoms with van der Waals surface area (Å²) < 4.78 is 50.9. The number of hydrogen-bond acceptors (Lipinski definition) is 22. The van der Waals surface area contributed by atoms with Crippen LogP contribution in [0, 0.1) is 18.8 Å². The first kappa shape index (κ1) is 74.8. The number of phenolic OH excluding ortho intramolecular Hbond substituents is 1. The van der Waals surface area contributed by atoms with Gasteiger partial charge in [-0.1, -0.05) is 76.2 Å². The molecular weight excluding hydrogens is 1320 g/mol. The molecule has 3 saturated heterocycles. The Kier molecular flexibility index (Phi) is 23.6. The third kappa shape index (κ3) is 18.2. The highest BCUT2D eigenvalue weighted by Gasteiger charge is 2.50. The van der Waals surface area contributed by atoms with Gasteiger partial charge in [0.2, 0.25) is 23.6 Å². The number of phosphoric acid groups is 1. The Morgan fingerprint density at radius 2 is 1.52 bits per heavy atom. The van der Waals surface area contributed by atoms with Gasteiger partial charge < -0.3 is 50.6 Å². The molecule has 6 aromatic rings. The number of aromatic nitrogens is 4. The number of likely N-dealkylation sites (tertiary alicyclic amines) is 2. The predicted octanol–water partition coefficient (Wildman–Crippen LogP) is 10.6. The second-order valence-electron chi connectivity index (χ2n) is 29.2. The van der Waals surface area contributed by atoms with Gasteiger partial charge in [0.25, 0.3) is 5.88 Å². The number of piperidine rings is 1. The molecule has 5 amide bonds. The zero-order chi connectivity index (χ0) is 72.1. The van der Waals surface area contributed by atoms with Gasteiger partial charge in [0, 0.05) is 62.5 Å². The first-order chi connectivity index (χ1) is 47.3. The van der Waals surface area contributed by atoms with Crippen molar-refractivity contribution in [2.24, 2.45) is 17.6 Å². The fourth-order valence-electron chi connectivity index (χ4n) is 13.3. The van der Waals surface area contributed by atoms with E-state index in [0.29, 0.717) is 60.3 Å². The zero-order valence-electron chi connectivity index (χ0n) is 59.8. The van der Waals surface area contributed by atoms with Crippen molar-refractivity contribution >= 4 is 66.1 Å². The minimum atomic E-state index is -4.27. The van der Waals surface area contributed by atoms with Gasteiger partial charge in [-0.25, -0.2) is 14.3 Å². The van der Waals surface area contributed by atoms with Crippen LogP contribution in [0.15, 0.2) is 95.0 Å². The van der Waals surface area contributed by atoms with Crippen LogP contribution in [0.4, 0.5) is 22.0 Å². The number of aryl methyl sites for hydroxylation is 1. The van der Waals surface area contributed by atoms with E-state index < -0.39 is 84.9 Å². The van der Waals surface area contributed by atoms with Crippen molar-refractivity contribution in [3.05, 3.63) is 113 Å². The van der Waals surface area contributed by atoms with Crippen LogP contribution >= 0.6 is 19.2 Å². The number of aromatic hydroxyl groups is 1. The van der Waals surface area contributed by atoms with E-state index in [0.717, 1.165) is 54.2 Å². The number of carbonyl (C=O) groups is 5. The number of piperazine rings is 1. The van der Waals surface area contributed by atoms with Gasteiger partial charge in [-0.05, 0) is 159 Å². The fraction of sp³-hybridized carbons (Fsp3) is 0.542. The summed E-state index contributed by atoms with van der Waals surface area (Å²) in [6.07, 6.45) is 0.307. The van der Waals surface area contributed by atoms with Gasteiger partial charge in [-0.15, -0.1) is 21.5 Å². The highest BCUT2D eigenvalue weighted by Crippen LogP contribution is 2.57. The molecule has 100 heavy (non-hydrogen) atoms. The number of carbonyl (C=O) groups excluding carboxylic acids is 5. The lowest BCUT2D eigenvalue weighted by atomic mass is 9.91. The number of ether oxygens (including phenoxy) is 2. The molecule has 7 heterocycles. The van der Waals surface area contributed by atoms with Crippen LogP contribution in [0.5, 0.6) is 11.6 Å². The number of fused-ring (bicyclic) bond motifs is 3. The number of amides is 5. The van der Waals surface area contributed by atoms with E-state index in [-0.39, 0.29) is 66.9 Å². The number of nitrogens with zero attached hydrogens (tertiary/aromatic N) is 9. The number of phenols is 1. The first-order valence-corrected chi connectivity index (χ1v) is 36.9. The fourth-order valence-corrected chi connectivity index (χ4v) is 16.1. The van der Waals surface area contributed by atoms with Gasteiger partial charge in [-0.2, -0.15) is 0 Å². The van der Waals surface area contributed by atoms with Crippen LogP contribution in [0.3, 0.4) is 0 Å². The lowest BCUT2D eigenvalue weighted by Crippen LogP contribution is -2.66. The maximum Gasteiger partial charge on any atom is 0.476 e. The number of benzene rings is 3. The van der Waals surface area contributed by atoms with E-state index in [1.54, 1.807) is 113 Å². The van der Waals surface area contributed by atoms with E-state index in [1.165, 1.54) is 4.90 Å². The van der Waals surface area contributed by atoms with Gasteiger partial charge in [0.05, 0.1) is 68.9 Å². The number of hydrogen-bond donors (Lipinski definition) is 5. The van der Waals surface area contributed by atoms with Crippen LogP contribution in [0.1, 0.15) is 144 Å². The van der Waals surface area contributed by atoms with Crippen LogP contribution in [-0.2, 0) is 48.7 Å². The number of thiazole rings is 1. The van der Waals surface area contributed by atoms with Crippen LogP contribution in [0.2, 0.25) is 0 Å². The molecule has 0 bridgehead atoms. The highest BCUT2D eigenvalue weighted by molar-refractivity contribution is 7.48. The molecule has 0 aliphatic carbocycles. The molecule has 4 aliphatic heterocycles. The Bertz CT molecular complexity index is 3870. The largest absolute Gasteiger partial charge is 0.507 e. The van der Waals surface area contributed by atoms with E-state index in [1.807, 2.05) is 90.4 Å². The zero-order valence-corrected chi connectivity index (χ0v) is 61.5. The Labute approximate surface area is 589 Å². The molecule has 28 heteroatoms. The van der Waals surface area contributed by atoms with Crippen molar-refractivity contribution < 1.29 is 61.2 Å². The summed E-state index contributed by atoms with van der Waals surface area (Å²) in [5.74, 6) is -2.00. The van der Waals surface area contributed by atoms with Crippen molar-refractivity contribution in [1.29, 1.82) is 0 Å². The molecule has 3 aromatic heterocycles. The van der Waals surface area contributed by atoms with Crippen molar-refractivity contribution in [2.45, 2.75) is 188 Å². The molecule has 540 valence electrons. The van der Waals surface area contributed by atoms with Gasteiger partial charge in [0.15, 0.2) is 11.6 Å². The summed E-state index contributed by atoms with van der Waals surface area (Å²) in [6.45, 7) is 29.9.